The van der Waals surface area contributed by atoms with Crippen molar-refractivity contribution in [3.8, 4) is 5.75 Å². The maximum atomic E-state index is 12.2. The van der Waals surface area contributed by atoms with Gasteiger partial charge in [-0.2, -0.15) is 0 Å². The van der Waals surface area contributed by atoms with Crippen LogP contribution in [0, 0.1) is 0 Å². The molecule has 0 aromatic heterocycles. The fourth-order valence-corrected chi connectivity index (χ4v) is 2.07. The van der Waals surface area contributed by atoms with E-state index in [1.807, 2.05) is 0 Å². The summed E-state index contributed by atoms with van der Waals surface area (Å²) in [6, 6.07) is 5.62. The predicted molar refractivity (Wildman–Crippen MR) is 74.9 cm³/mol. The molecule has 0 bridgehead atoms. The minimum atomic E-state index is -1.71. The summed E-state index contributed by atoms with van der Waals surface area (Å²) in [6.45, 7) is 0.339. The van der Waals surface area contributed by atoms with Gasteiger partial charge in [-0.25, -0.2) is 9.59 Å². The van der Waals surface area contributed by atoms with Crippen LogP contribution >= 0.6 is 0 Å². The van der Waals surface area contributed by atoms with Gasteiger partial charge in [0, 0.05) is 6.92 Å². The second-order valence-corrected chi connectivity index (χ2v) is 4.90. The van der Waals surface area contributed by atoms with Crippen LogP contribution in [0.25, 0.3) is 0 Å². The largest absolute Gasteiger partial charge is 0.449 e. The van der Waals surface area contributed by atoms with Crippen molar-refractivity contribution in [1.29, 1.82) is 0 Å². The van der Waals surface area contributed by atoms with E-state index < -0.39 is 48.6 Å². The van der Waals surface area contributed by atoms with E-state index in [9.17, 15) is 24.3 Å². The van der Waals surface area contributed by atoms with Gasteiger partial charge in [-0.15, -0.1) is 0 Å². The maximum Gasteiger partial charge on any atom is 0.379 e. The van der Waals surface area contributed by atoms with E-state index in [2.05, 4.69) is 4.74 Å². The number of Topliss-reactive ketones (excluding diaryl/α,β-unsaturated/α-hetero) is 1. The molecule has 1 saturated heterocycles. The molecule has 2 rings (SSSR count). The first-order valence-electron chi connectivity index (χ1n) is 6.87. The number of hydrogen-bond acceptors (Lipinski definition) is 9. The van der Waals surface area contributed by atoms with Gasteiger partial charge in [0.1, 0.15) is 17.4 Å². The van der Waals surface area contributed by atoms with E-state index in [0.717, 1.165) is 6.92 Å². The first-order chi connectivity index (χ1) is 11.3. The quantitative estimate of drug-likeness (QED) is 0.393. The summed E-state index contributed by atoms with van der Waals surface area (Å²) in [5, 5.41) is 18.5. The fraction of sp³-hybridized carbons (Fsp3) is 0.333. The van der Waals surface area contributed by atoms with Gasteiger partial charge in [0.2, 0.25) is 6.10 Å². The molecular formula is C15H14O9. The van der Waals surface area contributed by atoms with E-state index in [-0.39, 0.29) is 11.3 Å². The Morgan fingerprint density at radius 1 is 1.29 bits per heavy atom. The first kappa shape index (κ1) is 17.6. The Morgan fingerprint density at radius 2 is 1.96 bits per heavy atom. The number of esters is 3. The molecule has 2 N–H and O–H groups in total. The number of aliphatic hydroxyl groups is 2. The molecule has 1 aromatic rings. The number of hydrogen-bond donors (Lipinski definition) is 2. The summed E-state index contributed by atoms with van der Waals surface area (Å²) in [6.07, 6.45) is -4.82. The van der Waals surface area contributed by atoms with Crippen molar-refractivity contribution in [2.75, 3.05) is 6.61 Å². The van der Waals surface area contributed by atoms with Crippen LogP contribution in [0.5, 0.6) is 5.75 Å². The van der Waals surface area contributed by atoms with Gasteiger partial charge in [0.05, 0.1) is 6.61 Å². The van der Waals surface area contributed by atoms with Crippen LogP contribution in [0.3, 0.4) is 0 Å². The topological polar surface area (TPSA) is 136 Å². The lowest BCUT2D eigenvalue weighted by Crippen LogP contribution is -2.42. The van der Waals surface area contributed by atoms with Crippen molar-refractivity contribution in [2.24, 2.45) is 0 Å². The summed E-state index contributed by atoms with van der Waals surface area (Å²) >= 11 is 0. The first-order valence-corrected chi connectivity index (χ1v) is 6.87. The van der Waals surface area contributed by atoms with Crippen LogP contribution in [0.1, 0.15) is 17.3 Å². The highest BCUT2D eigenvalue weighted by atomic mass is 16.6. The SMILES string of the molecule is CC(=O)Oc1ccccc1C(=O)OC1C(=O)C(=O)O[C@@H]1[C@@H](O)CO. The van der Waals surface area contributed by atoms with E-state index in [1.54, 1.807) is 0 Å². The molecule has 1 heterocycles. The van der Waals surface area contributed by atoms with Crippen molar-refractivity contribution in [3.63, 3.8) is 0 Å². The van der Waals surface area contributed by atoms with Gasteiger partial charge in [-0.05, 0) is 12.1 Å². The maximum absolute atomic E-state index is 12.2. The fourth-order valence-electron chi connectivity index (χ4n) is 2.07. The molecular weight excluding hydrogens is 324 g/mol. The number of aliphatic hydroxyl groups excluding tert-OH is 2. The smallest absolute Gasteiger partial charge is 0.379 e. The molecule has 0 aliphatic carbocycles. The minimum Gasteiger partial charge on any atom is -0.449 e. The van der Waals surface area contributed by atoms with E-state index in [4.69, 9.17) is 14.6 Å². The summed E-state index contributed by atoms with van der Waals surface area (Å²) in [5.41, 5.74) is -0.155. The lowest BCUT2D eigenvalue weighted by Gasteiger charge is -2.20. The summed E-state index contributed by atoms with van der Waals surface area (Å²) in [4.78, 5) is 46.3. The third-order valence-corrected chi connectivity index (χ3v) is 3.16. The van der Waals surface area contributed by atoms with Crippen molar-refractivity contribution in [1.82, 2.24) is 0 Å². The third-order valence-electron chi connectivity index (χ3n) is 3.16. The second kappa shape index (κ2) is 7.20. The molecule has 1 unspecified atom stereocenters. The molecule has 0 spiro atoms. The highest BCUT2D eigenvalue weighted by molar-refractivity contribution is 6.37. The number of cyclic esters (lactones) is 1. The third kappa shape index (κ3) is 3.58. The van der Waals surface area contributed by atoms with Crippen molar-refractivity contribution in [2.45, 2.75) is 25.2 Å². The molecule has 1 fully saturated rings. The number of ether oxygens (including phenoxy) is 3. The van der Waals surface area contributed by atoms with Crippen molar-refractivity contribution in [3.05, 3.63) is 29.8 Å². The molecule has 9 nitrogen and oxygen atoms in total. The molecule has 9 heteroatoms. The van der Waals surface area contributed by atoms with Gasteiger partial charge < -0.3 is 24.4 Å². The summed E-state index contributed by atoms with van der Waals surface area (Å²) < 4.78 is 14.4. The Hall–Kier alpha value is -2.78. The summed E-state index contributed by atoms with van der Waals surface area (Å²) in [5.74, 6) is -4.26. The zero-order chi connectivity index (χ0) is 17.9. The highest BCUT2D eigenvalue weighted by Crippen LogP contribution is 2.24. The second-order valence-electron chi connectivity index (χ2n) is 4.90. The van der Waals surface area contributed by atoms with E-state index in [1.165, 1.54) is 24.3 Å². The zero-order valence-electron chi connectivity index (χ0n) is 12.5. The molecule has 3 atom stereocenters. The number of carbonyl (C=O) groups excluding carboxylic acids is 4. The van der Waals surface area contributed by atoms with Gasteiger partial charge >= 0.3 is 17.9 Å². The molecule has 24 heavy (non-hydrogen) atoms. The molecule has 1 aliphatic heterocycles. The lowest BCUT2D eigenvalue weighted by molar-refractivity contribution is -0.152. The van der Waals surface area contributed by atoms with Crippen LogP contribution in [0.15, 0.2) is 24.3 Å². The number of para-hydroxylation sites is 1. The van der Waals surface area contributed by atoms with Crippen LogP contribution < -0.4 is 4.74 Å². The van der Waals surface area contributed by atoms with Gasteiger partial charge in [-0.3, -0.25) is 9.59 Å². The minimum absolute atomic E-state index is 0.0908. The Kier molecular flexibility index (Phi) is 5.27. The normalized spacial score (nSPS) is 21.1. The van der Waals surface area contributed by atoms with Crippen LogP contribution in [-0.4, -0.2) is 58.8 Å². The van der Waals surface area contributed by atoms with Crippen LogP contribution in [0.4, 0.5) is 0 Å². The van der Waals surface area contributed by atoms with Gasteiger partial charge in [-0.1, -0.05) is 12.1 Å². The molecule has 0 radical (unpaired) electrons. The average molecular weight is 338 g/mol. The van der Waals surface area contributed by atoms with Crippen LogP contribution in [-0.2, 0) is 23.9 Å². The molecule has 0 saturated carbocycles. The lowest BCUT2D eigenvalue weighted by atomic mass is 10.1. The molecule has 0 amide bonds. The number of carbonyl (C=O) groups is 4. The number of benzene rings is 1. The Bertz CT molecular complexity index is 681. The Balaban J connectivity index is 2.23. The van der Waals surface area contributed by atoms with Gasteiger partial charge in [0.15, 0.2) is 6.10 Å². The summed E-state index contributed by atoms with van der Waals surface area (Å²) in [7, 11) is 0. The van der Waals surface area contributed by atoms with E-state index >= 15 is 0 Å². The monoisotopic (exact) mass is 338 g/mol. The molecule has 1 aromatic carbocycles. The predicted octanol–water partition coefficient (Wildman–Crippen LogP) is -1.02. The standard InChI is InChI=1S/C15H14O9/c1-7(17)22-10-5-3-2-4-8(10)14(20)24-13-11(19)15(21)23-12(13)9(18)6-16/h2-5,9,12-13,16,18H,6H2,1H3/t9-,12+,13?/m0/s1. The molecule has 128 valence electrons. The van der Waals surface area contributed by atoms with Gasteiger partial charge in [0.25, 0.3) is 5.78 Å². The van der Waals surface area contributed by atoms with Crippen molar-refractivity contribution >= 4 is 23.7 Å². The Morgan fingerprint density at radius 3 is 2.58 bits per heavy atom. The highest BCUT2D eigenvalue weighted by Gasteiger charge is 2.49. The zero-order valence-corrected chi connectivity index (χ0v) is 12.5. The average Bonchev–Trinajstić information content (AvgIpc) is 2.82. The van der Waals surface area contributed by atoms with Crippen molar-refractivity contribution < 1.29 is 43.6 Å². The van der Waals surface area contributed by atoms with E-state index in [0.29, 0.717) is 0 Å². The molecule has 1 aliphatic rings. The number of rotatable bonds is 5. The number of ketones is 1. The Labute approximate surface area is 135 Å². The van der Waals surface area contributed by atoms with Crippen LogP contribution in [0.2, 0.25) is 0 Å².